The smallest absolute Gasteiger partial charge is 0.220 e. The van der Waals surface area contributed by atoms with Crippen LogP contribution in [0.25, 0.3) is 0 Å². The fourth-order valence-electron chi connectivity index (χ4n) is 3.42. The van der Waals surface area contributed by atoms with Gasteiger partial charge in [-0.1, -0.05) is 28.8 Å². The monoisotopic (exact) mass is 345 g/mol. The molecule has 20 heavy (non-hydrogen) atoms. The van der Waals surface area contributed by atoms with Crippen molar-refractivity contribution in [2.45, 2.75) is 63.9 Å². The Morgan fingerprint density at radius 3 is 2.55 bits per heavy atom. The first kappa shape index (κ1) is 16.3. The molecular weight excluding hydrogens is 318 g/mol. The Hall–Kier alpha value is -0.0900. The lowest BCUT2D eigenvalue weighted by molar-refractivity contribution is -0.122. The van der Waals surface area contributed by atoms with Crippen LogP contribution < -0.4 is 5.32 Å². The highest BCUT2D eigenvalue weighted by molar-refractivity contribution is 9.09. The maximum absolute atomic E-state index is 11.9. The van der Waals surface area contributed by atoms with Crippen LogP contribution in [0.3, 0.4) is 0 Å². The van der Waals surface area contributed by atoms with Crippen molar-refractivity contribution >= 4 is 21.8 Å². The van der Waals surface area contributed by atoms with Gasteiger partial charge in [0, 0.05) is 24.9 Å². The van der Waals surface area contributed by atoms with Crippen LogP contribution in [-0.4, -0.2) is 30.5 Å². The first-order valence-corrected chi connectivity index (χ1v) is 9.36. The van der Waals surface area contributed by atoms with Crippen LogP contribution in [0.4, 0.5) is 0 Å². The zero-order valence-electron chi connectivity index (χ0n) is 12.4. The Kier molecular flexibility index (Phi) is 7.36. The van der Waals surface area contributed by atoms with Gasteiger partial charge in [-0.2, -0.15) is 0 Å². The van der Waals surface area contributed by atoms with Gasteiger partial charge in [0.05, 0.1) is 6.10 Å². The average Bonchev–Trinajstić information content (AvgIpc) is 2.52. The lowest BCUT2D eigenvalue weighted by Crippen LogP contribution is -2.35. The molecule has 0 spiro atoms. The Morgan fingerprint density at radius 1 is 1.10 bits per heavy atom. The molecule has 1 amide bonds. The van der Waals surface area contributed by atoms with E-state index in [0.717, 1.165) is 37.2 Å². The molecule has 0 aromatic carbocycles. The topological polar surface area (TPSA) is 38.3 Å². The Balaban J connectivity index is 1.61. The maximum Gasteiger partial charge on any atom is 0.220 e. The molecule has 1 heterocycles. The number of nitrogens with one attached hydrogen (secondary N) is 1. The quantitative estimate of drug-likeness (QED) is 0.746. The first-order chi connectivity index (χ1) is 9.79. The van der Waals surface area contributed by atoms with Crippen molar-refractivity contribution in [3.63, 3.8) is 0 Å². The van der Waals surface area contributed by atoms with E-state index in [2.05, 4.69) is 21.2 Å². The highest BCUT2D eigenvalue weighted by Crippen LogP contribution is 2.30. The fraction of sp³-hybridized carbons (Fsp3) is 0.938. The molecular formula is C16H28BrNO2. The largest absolute Gasteiger partial charge is 0.378 e. The predicted octanol–water partition coefficient (Wildman–Crippen LogP) is 3.65. The van der Waals surface area contributed by atoms with Gasteiger partial charge < -0.3 is 10.1 Å². The number of carbonyl (C=O) groups is 1. The zero-order chi connectivity index (χ0) is 14.2. The summed E-state index contributed by atoms with van der Waals surface area (Å²) in [5, 5.41) is 4.21. The van der Waals surface area contributed by atoms with Crippen molar-refractivity contribution in [3.8, 4) is 0 Å². The summed E-state index contributed by atoms with van der Waals surface area (Å²) in [4.78, 5) is 11.9. The summed E-state index contributed by atoms with van der Waals surface area (Å²) >= 11 is 3.61. The Labute approximate surface area is 131 Å². The molecule has 4 heteroatoms. The van der Waals surface area contributed by atoms with E-state index in [9.17, 15) is 4.79 Å². The van der Waals surface area contributed by atoms with Crippen LogP contribution in [0.5, 0.6) is 0 Å². The molecule has 2 fully saturated rings. The molecule has 0 aromatic rings. The summed E-state index contributed by atoms with van der Waals surface area (Å²) in [6, 6.07) is 0. The van der Waals surface area contributed by atoms with E-state index < -0.39 is 0 Å². The fourth-order valence-corrected chi connectivity index (χ4v) is 4.27. The van der Waals surface area contributed by atoms with E-state index in [1.165, 1.54) is 38.5 Å². The van der Waals surface area contributed by atoms with Gasteiger partial charge in [0.25, 0.3) is 0 Å². The normalized spacial score (nSPS) is 30.9. The third-order valence-electron chi connectivity index (χ3n) is 4.79. The summed E-state index contributed by atoms with van der Waals surface area (Å²) in [5.74, 6) is 1.61. The lowest BCUT2D eigenvalue weighted by atomic mass is 9.80. The zero-order valence-corrected chi connectivity index (χ0v) is 14.0. The van der Waals surface area contributed by atoms with E-state index >= 15 is 0 Å². The molecule has 2 aliphatic rings. The first-order valence-electron chi connectivity index (χ1n) is 8.24. The van der Waals surface area contributed by atoms with Gasteiger partial charge in [-0.25, -0.2) is 0 Å². The summed E-state index contributed by atoms with van der Waals surface area (Å²) in [7, 11) is 0. The third kappa shape index (κ3) is 5.36. The van der Waals surface area contributed by atoms with Gasteiger partial charge in [0.2, 0.25) is 5.91 Å². The summed E-state index contributed by atoms with van der Waals surface area (Å²) in [6.07, 6.45) is 10.6. The van der Waals surface area contributed by atoms with Gasteiger partial charge in [-0.15, -0.1) is 0 Å². The molecule has 1 saturated carbocycles. The van der Waals surface area contributed by atoms with Crippen LogP contribution in [0.15, 0.2) is 0 Å². The van der Waals surface area contributed by atoms with E-state index in [4.69, 9.17) is 4.74 Å². The molecule has 116 valence electrons. The van der Waals surface area contributed by atoms with Crippen molar-refractivity contribution in [1.29, 1.82) is 0 Å². The highest BCUT2D eigenvalue weighted by Gasteiger charge is 2.24. The second kappa shape index (κ2) is 9.04. The van der Waals surface area contributed by atoms with Crippen molar-refractivity contribution in [1.82, 2.24) is 5.32 Å². The minimum atomic E-state index is 0.207. The highest BCUT2D eigenvalue weighted by atomic mass is 79.9. The average molecular weight is 346 g/mol. The second-order valence-electron chi connectivity index (χ2n) is 6.29. The van der Waals surface area contributed by atoms with Gasteiger partial charge in [0.1, 0.15) is 0 Å². The van der Waals surface area contributed by atoms with Gasteiger partial charge >= 0.3 is 0 Å². The molecule has 3 atom stereocenters. The van der Waals surface area contributed by atoms with E-state index in [-0.39, 0.29) is 5.91 Å². The number of hydrogen-bond acceptors (Lipinski definition) is 2. The summed E-state index contributed by atoms with van der Waals surface area (Å²) < 4.78 is 5.67. The van der Waals surface area contributed by atoms with Crippen LogP contribution in [0.1, 0.15) is 57.8 Å². The summed E-state index contributed by atoms with van der Waals surface area (Å²) in [5.41, 5.74) is 0. The minimum absolute atomic E-state index is 0.207. The number of hydrogen-bond donors (Lipinski definition) is 1. The number of amides is 1. The lowest BCUT2D eigenvalue weighted by Gasteiger charge is -2.30. The van der Waals surface area contributed by atoms with Gasteiger partial charge in [0.15, 0.2) is 0 Å². The molecule has 0 aromatic heterocycles. The van der Waals surface area contributed by atoms with Crippen LogP contribution in [0.2, 0.25) is 0 Å². The molecule has 1 aliphatic carbocycles. The molecule has 3 nitrogen and oxygen atoms in total. The molecule has 1 saturated heterocycles. The Bertz CT molecular complexity index is 292. The van der Waals surface area contributed by atoms with E-state index in [0.29, 0.717) is 18.4 Å². The number of halogens is 1. The number of carbonyl (C=O) groups excluding carboxylic acids is 1. The van der Waals surface area contributed by atoms with Gasteiger partial charge in [-0.05, 0) is 50.4 Å². The van der Waals surface area contributed by atoms with Crippen LogP contribution in [-0.2, 0) is 9.53 Å². The van der Waals surface area contributed by atoms with Crippen molar-refractivity contribution in [2.75, 3.05) is 18.5 Å². The SMILES string of the molecule is O=C(CCC1CCCCO1)NCC1CCCCC1CBr. The van der Waals surface area contributed by atoms with Crippen LogP contribution >= 0.6 is 15.9 Å². The summed E-state index contributed by atoms with van der Waals surface area (Å²) in [6.45, 7) is 1.74. The molecule has 1 N–H and O–H groups in total. The second-order valence-corrected chi connectivity index (χ2v) is 6.94. The third-order valence-corrected chi connectivity index (χ3v) is 5.63. The molecule has 1 aliphatic heterocycles. The van der Waals surface area contributed by atoms with Gasteiger partial charge in [-0.3, -0.25) is 4.79 Å². The number of ether oxygens (including phenoxy) is 1. The molecule has 2 rings (SSSR count). The van der Waals surface area contributed by atoms with E-state index in [1.807, 2.05) is 0 Å². The molecule has 3 unspecified atom stereocenters. The Morgan fingerprint density at radius 2 is 1.85 bits per heavy atom. The van der Waals surface area contributed by atoms with Crippen molar-refractivity contribution in [2.24, 2.45) is 11.8 Å². The maximum atomic E-state index is 11.9. The van der Waals surface area contributed by atoms with Crippen molar-refractivity contribution in [3.05, 3.63) is 0 Å². The number of rotatable bonds is 6. The minimum Gasteiger partial charge on any atom is -0.378 e. The number of alkyl halides is 1. The van der Waals surface area contributed by atoms with E-state index in [1.54, 1.807) is 0 Å². The van der Waals surface area contributed by atoms with Crippen molar-refractivity contribution < 1.29 is 9.53 Å². The molecule has 0 bridgehead atoms. The standard InChI is InChI=1S/C16H28BrNO2/c17-11-13-5-1-2-6-14(13)12-18-16(19)9-8-15-7-3-4-10-20-15/h13-15H,1-12H2,(H,18,19). The predicted molar refractivity (Wildman–Crippen MR) is 85.1 cm³/mol. The van der Waals surface area contributed by atoms with Crippen LogP contribution in [0, 0.1) is 11.8 Å². The molecule has 0 radical (unpaired) electrons.